The molecule has 0 atom stereocenters. The molecule has 0 saturated carbocycles. The number of nitrogens with zero attached hydrogens (tertiary/aromatic N) is 1. The summed E-state index contributed by atoms with van der Waals surface area (Å²) in [6.45, 7) is 4.21. The lowest BCUT2D eigenvalue weighted by molar-refractivity contribution is -0.115. The normalized spacial score (nSPS) is 16.9. The minimum Gasteiger partial charge on any atom is -0.379 e. The van der Waals surface area contributed by atoms with Gasteiger partial charge in [0.25, 0.3) is 0 Å². The smallest absolute Gasteiger partial charge is 0.156 e. The molecule has 4 heteroatoms. The minimum absolute atomic E-state index is 0.154. The lowest BCUT2D eigenvalue weighted by Crippen LogP contribution is -2.37. The summed E-state index contributed by atoms with van der Waals surface area (Å²) in [4.78, 5) is 14.0. The van der Waals surface area contributed by atoms with Gasteiger partial charge in [0, 0.05) is 31.1 Å². The molecule has 0 bridgehead atoms. The molecule has 0 amide bonds. The molecule has 0 aromatic heterocycles. The van der Waals surface area contributed by atoms with Gasteiger partial charge in [-0.1, -0.05) is 29.8 Å². The van der Waals surface area contributed by atoms with Gasteiger partial charge in [-0.2, -0.15) is 0 Å². The van der Waals surface area contributed by atoms with Crippen molar-refractivity contribution in [1.29, 1.82) is 0 Å². The Bertz CT molecular complexity index is 436. The molecular weight excluding hydrogens is 262 g/mol. The van der Waals surface area contributed by atoms with Gasteiger partial charge in [0.1, 0.15) is 0 Å². The zero-order valence-electron chi connectivity index (χ0n) is 10.8. The highest BCUT2D eigenvalue weighted by atomic mass is 35.5. The van der Waals surface area contributed by atoms with E-state index in [0.29, 0.717) is 11.4 Å². The minimum atomic E-state index is 0.154. The molecule has 3 nitrogen and oxygen atoms in total. The number of hydrogen-bond donors (Lipinski definition) is 0. The van der Waals surface area contributed by atoms with Crippen LogP contribution >= 0.6 is 11.6 Å². The van der Waals surface area contributed by atoms with Crippen molar-refractivity contribution in [3.05, 3.63) is 40.9 Å². The van der Waals surface area contributed by atoms with Crippen molar-refractivity contribution in [3.63, 3.8) is 0 Å². The number of morpholine rings is 1. The Labute approximate surface area is 118 Å². The van der Waals surface area contributed by atoms with E-state index in [-0.39, 0.29) is 5.78 Å². The van der Waals surface area contributed by atoms with E-state index < -0.39 is 0 Å². The maximum atomic E-state index is 11.8. The monoisotopic (exact) mass is 279 g/mol. The summed E-state index contributed by atoms with van der Waals surface area (Å²) in [5.74, 6) is 0.154. The molecule has 1 saturated heterocycles. The summed E-state index contributed by atoms with van der Waals surface area (Å²) in [7, 11) is 0. The molecule has 1 aromatic rings. The number of hydrogen-bond acceptors (Lipinski definition) is 3. The largest absolute Gasteiger partial charge is 0.379 e. The summed E-state index contributed by atoms with van der Waals surface area (Å²) in [6.07, 6.45) is 4.03. The number of carbonyl (C=O) groups excluding carboxylic acids is 1. The molecule has 0 N–H and O–H groups in total. The third-order valence-corrected chi connectivity index (χ3v) is 3.36. The van der Waals surface area contributed by atoms with Crippen molar-refractivity contribution >= 4 is 23.5 Å². The van der Waals surface area contributed by atoms with Crippen LogP contribution in [0.4, 0.5) is 0 Å². The second-order valence-corrected chi connectivity index (χ2v) is 4.99. The molecule has 1 fully saturated rings. The van der Waals surface area contributed by atoms with Gasteiger partial charge in [-0.3, -0.25) is 9.69 Å². The van der Waals surface area contributed by atoms with Gasteiger partial charge >= 0.3 is 0 Å². The summed E-state index contributed by atoms with van der Waals surface area (Å²) in [5, 5.41) is 0.704. The van der Waals surface area contributed by atoms with Gasteiger partial charge in [0.2, 0.25) is 0 Å². The molecule has 19 heavy (non-hydrogen) atoms. The van der Waals surface area contributed by atoms with Gasteiger partial charge in [0.15, 0.2) is 5.78 Å². The van der Waals surface area contributed by atoms with E-state index in [1.165, 1.54) is 0 Å². The van der Waals surface area contributed by atoms with Crippen LogP contribution in [0.1, 0.15) is 12.0 Å². The third-order valence-electron chi connectivity index (χ3n) is 3.11. The van der Waals surface area contributed by atoms with Crippen LogP contribution in [0.5, 0.6) is 0 Å². The molecule has 1 aliphatic heterocycles. The van der Waals surface area contributed by atoms with Gasteiger partial charge in [0.05, 0.1) is 13.2 Å². The van der Waals surface area contributed by atoms with Crippen molar-refractivity contribution in [2.45, 2.75) is 6.42 Å². The molecule has 0 unspecified atom stereocenters. The van der Waals surface area contributed by atoms with Crippen molar-refractivity contribution in [3.8, 4) is 0 Å². The second-order valence-electron chi connectivity index (χ2n) is 4.56. The number of rotatable bonds is 5. The van der Waals surface area contributed by atoms with E-state index in [2.05, 4.69) is 4.90 Å². The first-order chi connectivity index (χ1) is 9.24. The number of benzene rings is 1. The number of allylic oxidation sites excluding steroid dienone is 1. The molecule has 0 aliphatic carbocycles. The van der Waals surface area contributed by atoms with Crippen LogP contribution in [-0.4, -0.2) is 43.5 Å². The molecule has 1 heterocycles. The Morgan fingerprint density at radius 2 is 1.95 bits per heavy atom. The lowest BCUT2D eigenvalue weighted by Gasteiger charge is -2.25. The zero-order valence-corrected chi connectivity index (χ0v) is 11.6. The summed E-state index contributed by atoms with van der Waals surface area (Å²) in [5.41, 5.74) is 0.990. The fraction of sp³-hybridized carbons (Fsp3) is 0.400. The molecule has 102 valence electrons. The maximum absolute atomic E-state index is 11.8. The van der Waals surface area contributed by atoms with Crippen LogP contribution in [0.25, 0.3) is 6.08 Å². The number of ketones is 1. The first-order valence-corrected chi connectivity index (χ1v) is 6.88. The van der Waals surface area contributed by atoms with Gasteiger partial charge in [-0.25, -0.2) is 0 Å². The summed E-state index contributed by atoms with van der Waals surface area (Å²) >= 11 is 5.80. The van der Waals surface area contributed by atoms with Gasteiger partial charge < -0.3 is 4.74 Å². The van der Waals surface area contributed by atoms with Crippen LogP contribution in [-0.2, 0) is 9.53 Å². The Balaban J connectivity index is 1.75. The van der Waals surface area contributed by atoms with Crippen molar-refractivity contribution in [2.75, 3.05) is 32.8 Å². The molecule has 1 aromatic carbocycles. The quantitative estimate of drug-likeness (QED) is 0.776. The first-order valence-electron chi connectivity index (χ1n) is 6.50. The topological polar surface area (TPSA) is 29.5 Å². The standard InChI is InChI=1S/C15H18ClNO2/c16-14-4-1-13(2-5-14)3-6-15(18)7-8-17-9-11-19-12-10-17/h1-6H,7-12H2/b6-3+. The Kier molecular flexibility index (Phi) is 5.58. The molecule has 2 rings (SSSR count). The third kappa shape index (κ3) is 5.15. The number of carbonyl (C=O) groups is 1. The highest BCUT2D eigenvalue weighted by Gasteiger charge is 2.10. The summed E-state index contributed by atoms with van der Waals surface area (Å²) in [6, 6.07) is 7.43. The van der Waals surface area contributed by atoms with Crippen LogP contribution in [0, 0.1) is 0 Å². The predicted molar refractivity (Wildman–Crippen MR) is 77.4 cm³/mol. The van der Waals surface area contributed by atoms with Crippen molar-refractivity contribution in [1.82, 2.24) is 4.90 Å². The van der Waals surface area contributed by atoms with Gasteiger partial charge in [-0.05, 0) is 23.8 Å². The van der Waals surface area contributed by atoms with E-state index in [4.69, 9.17) is 16.3 Å². The number of halogens is 1. The highest BCUT2D eigenvalue weighted by Crippen LogP contribution is 2.10. The van der Waals surface area contributed by atoms with E-state index in [0.717, 1.165) is 38.4 Å². The lowest BCUT2D eigenvalue weighted by atomic mass is 10.1. The Hall–Kier alpha value is -1.16. The molecular formula is C15H18ClNO2. The molecule has 0 radical (unpaired) electrons. The van der Waals surface area contributed by atoms with Crippen LogP contribution in [0.2, 0.25) is 5.02 Å². The summed E-state index contributed by atoms with van der Waals surface area (Å²) < 4.78 is 5.27. The van der Waals surface area contributed by atoms with E-state index in [1.54, 1.807) is 6.08 Å². The fourth-order valence-electron chi connectivity index (χ4n) is 1.94. The molecule has 1 aliphatic rings. The molecule has 0 spiro atoms. The average molecular weight is 280 g/mol. The average Bonchev–Trinajstić information content (AvgIpc) is 2.45. The van der Waals surface area contributed by atoms with Crippen molar-refractivity contribution < 1.29 is 9.53 Å². The first kappa shape index (κ1) is 14.3. The van der Waals surface area contributed by atoms with E-state index in [1.807, 2.05) is 30.3 Å². The van der Waals surface area contributed by atoms with Crippen LogP contribution < -0.4 is 0 Å². The highest BCUT2D eigenvalue weighted by molar-refractivity contribution is 6.30. The Morgan fingerprint density at radius 1 is 1.26 bits per heavy atom. The SMILES string of the molecule is O=C(/C=C/c1ccc(Cl)cc1)CCN1CCOCC1. The number of ether oxygens (including phenoxy) is 1. The predicted octanol–water partition coefficient (Wildman–Crippen LogP) is 2.64. The fourth-order valence-corrected chi connectivity index (χ4v) is 2.07. The Morgan fingerprint density at radius 3 is 2.63 bits per heavy atom. The second kappa shape index (κ2) is 7.43. The van der Waals surface area contributed by atoms with E-state index >= 15 is 0 Å². The maximum Gasteiger partial charge on any atom is 0.156 e. The van der Waals surface area contributed by atoms with Crippen molar-refractivity contribution in [2.24, 2.45) is 0 Å². The van der Waals surface area contributed by atoms with Crippen LogP contribution in [0.15, 0.2) is 30.3 Å². The van der Waals surface area contributed by atoms with E-state index in [9.17, 15) is 4.79 Å². The zero-order chi connectivity index (χ0) is 13.5. The van der Waals surface area contributed by atoms with Crippen LogP contribution in [0.3, 0.4) is 0 Å². The van der Waals surface area contributed by atoms with Gasteiger partial charge in [-0.15, -0.1) is 0 Å².